The average molecular weight is 445 g/mol. The standard InChI is InChI=1S/C21H21BrN2O2S/c1-16-11-13-18(14-12-16)27(25,26)23-15-21(17-7-3-2-4-8-17)24-20-10-6-5-9-19(20)22/h2-14,21,23-24H,15H2,1H3. The molecule has 3 rings (SSSR count). The summed E-state index contributed by atoms with van der Waals surface area (Å²) in [6, 6.07) is 24.2. The van der Waals surface area contributed by atoms with Gasteiger partial charge in [0.25, 0.3) is 0 Å². The monoisotopic (exact) mass is 444 g/mol. The van der Waals surface area contributed by atoms with Crippen molar-refractivity contribution in [2.75, 3.05) is 11.9 Å². The van der Waals surface area contributed by atoms with E-state index >= 15 is 0 Å². The summed E-state index contributed by atoms with van der Waals surface area (Å²) >= 11 is 3.53. The molecule has 0 radical (unpaired) electrons. The first kappa shape index (κ1) is 19.6. The third-order valence-electron chi connectivity index (χ3n) is 4.21. The molecule has 4 nitrogen and oxygen atoms in total. The van der Waals surface area contributed by atoms with E-state index in [2.05, 4.69) is 26.0 Å². The highest BCUT2D eigenvalue weighted by molar-refractivity contribution is 9.10. The topological polar surface area (TPSA) is 58.2 Å². The van der Waals surface area contributed by atoms with Crippen LogP contribution in [-0.2, 0) is 10.0 Å². The van der Waals surface area contributed by atoms with Gasteiger partial charge in [0, 0.05) is 16.7 Å². The summed E-state index contributed by atoms with van der Waals surface area (Å²) in [6.45, 7) is 2.15. The quantitative estimate of drug-likeness (QED) is 0.545. The molecular formula is C21H21BrN2O2S. The molecule has 0 bridgehead atoms. The van der Waals surface area contributed by atoms with E-state index in [1.807, 2.05) is 61.5 Å². The number of hydrogen-bond acceptors (Lipinski definition) is 3. The van der Waals surface area contributed by atoms with Crippen LogP contribution in [0.4, 0.5) is 5.69 Å². The number of aryl methyl sites for hydroxylation is 1. The minimum absolute atomic E-state index is 0.217. The molecule has 1 atom stereocenters. The first-order chi connectivity index (χ1) is 13.0. The van der Waals surface area contributed by atoms with E-state index in [0.29, 0.717) is 0 Å². The van der Waals surface area contributed by atoms with Crippen LogP contribution in [0.15, 0.2) is 88.2 Å². The number of halogens is 1. The molecule has 1 unspecified atom stereocenters. The summed E-state index contributed by atoms with van der Waals surface area (Å²) < 4.78 is 29.0. The molecule has 0 heterocycles. The summed E-state index contributed by atoms with van der Waals surface area (Å²) in [4.78, 5) is 0.265. The fraction of sp³-hybridized carbons (Fsp3) is 0.143. The van der Waals surface area contributed by atoms with Crippen molar-refractivity contribution >= 4 is 31.6 Å². The lowest BCUT2D eigenvalue weighted by Crippen LogP contribution is -2.31. The smallest absolute Gasteiger partial charge is 0.240 e. The van der Waals surface area contributed by atoms with Gasteiger partial charge >= 0.3 is 0 Å². The summed E-state index contributed by atoms with van der Waals surface area (Å²) in [5.41, 5.74) is 2.92. The van der Waals surface area contributed by atoms with Crippen molar-refractivity contribution in [2.45, 2.75) is 17.9 Å². The molecule has 0 saturated heterocycles. The predicted molar refractivity (Wildman–Crippen MR) is 113 cm³/mol. The number of anilines is 1. The Balaban J connectivity index is 1.81. The zero-order chi connectivity index (χ0) is 19.3. The van der Waals surface area contributed by atoms with Crippen molar-refractivity contribution in [1.29, 1.82) is 0 Å². The van der Waals surface area contributed by atoms with E-state index < -0.39 is 10.0 Å². The van der Waals surface area contributed by atoms with Gasteiger partial charge in [0.2, 0.25) is 10.0 Å². The Morgan fingerprint density at radius 1 is 0.889 bits per heavy atom. The van der Waals surface area contributed by atoms with Crippen LogP contribution >= 0.6 is 15.9 Å². The van der Waals surface area contributed by atoms with Gasteiger partial charge in [0.1, 0.15) is 0 Å². The Morgan fingerprint density at radius 3 is 2.19 bits per heavy atom. The van der Waals surface area contributed by atoms with E-state index in [1.165, 1.54) is 0 Å². The first-order valence-corrected chi connectivity index (χ1v) is 10.9. The van der Waals surface area contributed by atoms with E-state index in [1.54, 1.807) is 24.3 Å². The number of hydrogen-bond donors (Lipinski definition) is 2. The molecule has 6 heteroatoms. The fourth-order valence-corrected chi connectivity index (χ4v) is 4.14. The van der Waals surface area contributed by atoms with Crippen molar-refractivity contribution in [3.05, 3.63) is 94.5 Å². The number of para-hydroxylation sites is 1. The average Bonchev–Trinajstić information content (AvgIpc) is 2.67. The number of rotatable bonds is 7. The second-order valence-electron chi connectivity index (χ2n) is 6.25. The van der Waals surface area contributed by atoms with Crippen molar-refractivity contribution in [3.63, 3.8) is 0 Å². The molecule has 0 aliphatic heterocycles. The van der Waals surface area contributed by atoms with Crippen LogP contribution in [0.25, 0.3) is 0 Å². The van der Waals surface area contributed by atoms with Gasteiger partial charge in [-0.05, 0) is 52.7 Å². The highest BCUT2D eigenvalue weighted by Gasteiger charge is 2.18. The Labute approximate surface area is 168 Å². The fourth-order valence-electron chi connectivity index (χ4n) is 2.70. The van der Waals surface area contributed by atoms with Crippen molar-refractivity contribution < 1.29 is 8.42 Å². The number of nitrogens with one attached hydrogen (secondary N) is 2. The number of benzene rings is 3. The van der Waals surface area contributed by atoms with E-state index in [-0.39, 0.29) is 17.5 Å². The molecule has 0 spiro atoms. The lowest BCUT2D eigenvalue weighted by Gasteiger charge is -2.22. The lowest BCUT2D eigenvalue weighted by molar-refractivity contribution is 0.576. The molecule has 0 amide bonds. The minimum Gasteiger partial charge on any atom is -0.376 e. The van der Waals surface area contributed by atoms with Gasteiger partial charge in [-0.25, -0.2) is 13.1 Å². The van der Waals surface area contributed by atoms with Gasteiger partial charge in [0.05, 0.1) is 10.9 Å². The van der Waals surface area contributed by atoms with Gasteiger partial charge in [0.15, 0.2) is 0 Å². The SMILES string of the molecule is Cc1ccc(S(=O)(=O)NCC(Nc2ccccc2Br)c2ccccc2)cc1. The highest BCUT2D eigenvalue weighted by atomic mass is 79.9. The van der Waals surface area contributed by atoms with Crippen molar-refractivity contribution in [2.24, 2.45) is 0 Å². The Bertz CT molecular complexity index is 990. The second-order valence-corrected chi connectivity index (χ2v) is 8.87. The first-order valence-electron chi connectivity index (χ1n) is 8.58. The van der Waals surface area contributed by atoms with Crippen LogP contribution < -0.4 is 10.0 Å². The van der Waals surface area contributed by atoms with Crippen LogP contribution in [0.3, 0.4) is 0 Å². The van der Waals surface area contributed by atoms with E-state index in [9.17, 15) is 8.42 Å². The minimum atomic E-state index is -3.58. The molecule has 0 aliphatic rings. The van der Waals surface area contributed by atoms with Crippen LogP contribution in [0.2, 0.25) is 0 Å². The molecule has 0 aliphatic carbocycles. The summed E-state index contributed by atoms with van der Waals surface area (Å²) in [6.07, 6.45) is 0. The maximum absolute atomic E-state index is 12.7. The van der Waals surface area contributed by atoms with Gasteiger partial charge in [-0.3, -0.25) is 0 Å². The third kappa shape index (κ3) is 5.19. The Hall–Kier alpha value is -2.15. The summed E-state index contributed by atoms with van der Waals surface area (Å²) in [5, 5.41) is 3.42. The molecule has 0 saturated carbocycles. The van der Waals surface area contributed by atoms with Gasteiger partial charge in [-0.2, -0.15) is 0 Å². The largest absolute Gasteiger partial charge is 0.376 e. The summed E-state index contributed by atoms with van der Waals surface area (Å²) in [5.74, 6) is 0. The molecule has 3 aromatic rings. The Morgan fingerprint density at radius 2 is 1.52 bits per heavy atom. The van der Waals surface area contributed by atoms with Crippen LogP contribution in [0, 0.1) is 6.92 Å². The highest BCUT2D eigenvalue weighted by Crippen LogP contribution is 2.26. The molecule has 2 N–H and O–H groups in total. The molecule has 0 fully saturated rings. The maximum Gasteiger partial charge on any atom is 0.240 e. The second kappa shape index (κ2) is 8.69. The van der Waals surface area contributed by atoms with Crippen molar-refractivity contribution in [1.82, 2.24) is 4.72 Å². The zero-order valence-electron chi connectivity index (χ0n) is 14.9. The van der Waals surface area contributed by atoms with Crippen LogP contribution in [-0.4, -0.2) is 15.0 Å². The normalized spacial score (nSPS) is 12.5. The summed E-state index contributed by atoms with van der Waals surface area (Å²) in [7, 11) is -3.58. The molecule has 0 aromatic heterocycles. The molecule has 27 heavy (non-hydrogen) atoms. The third-order valence-corrected chi connectivity index (χ3v) is 6.35. The van der Waals surface area contributed by atoms with E-state index in [4.69, 9.17) is 0 Å². The lowest BCUT2D eigenvalue weighted by atomic mass is 10.1. The van der Waals surface area contributed by atoms with Gasteiger partial charge in [-0.1, -0.05) is 60.2 Å². The predicted octanol–water partition coefficient (Wildman–Crippen LogP) is 4.89. The molecule has 3 aromatic carbocycles. The van der Waals surface area contributed by atoms with Crippen LogP contribution in [0.1, 0.15) is 17.2 Å². The maximum atomic E-state index is 12.7. The van der Waals surface area contributed by atoms with Gasteiger partial charge in [-0.15, -0.1) is 0 Å². The number of sulfonamides is 1. The Kier molecular flexibility index (Phi) is 6.31. The van der Waals surface area contributed by atoms with E-state index in [0.717, 1.165) is 21.3 Å². The van der Waals surface area contributed by atoms with Gasteiger partial charge < -0.3 is 5.32 Å². The molecular weight excluding hydrogens is 424 g/mol. The zero-order valence-corrected chi connectivity index (χ0v) is 17.3. The van der Waals surface area contributed by atoms with Crippen LogP contribution in [0.5, 0.6) is 0 Å². The van der Waals surface area contributed by atoms with Crippen molar-refractivity contribution in [3.8, 4) is 0 Å². The molecule has 140 valence electrons.